The van der Waals surface area contributed by atoms with Gasteiger partial charge in [0.2, 0.25) is 0 Å². The third kappa shape index (κ3) is 3.47. The molecule has 1 rings (SSSR count). The largest absolute Gasteiger partial charge is 0.481 e. The lowest BCUT2D eigenvalue weighted by molar-refractivity contribution is -0.147. The van der Waals surface area contributed by atoms with Gasteiger partial charge in [-0.3, -0.25) is 9.48 Å². The summed E-state index contributed by atoms with van der Waals surface area (Å²) in [6.45, 7) is 3.17. The quantitative estimate of drug-likeness (QED) is 0.892. The zero-order valence-corrected chi connectivity index (χ0v) is 9.45. The van der Waals surface area contributed by atoms with Gasteiger partial charge in [0.15, 0.2) is 5.69 Å². The van der Waals surface area contributed by atoms with Gasteiger partial charge < -0.3 is 5.11 Å². The van der Waals surface area contributed by atoms with Crippen LogP contribution in [0.2, 0.25) is 0 Å². The Morgan fingerprint density at radius 2 is 2.06 bits per heavy atom. The van der Waals surface area contributed by atoms with Crippen molar-refractivity contribution in [2.24, 2.45) is 5.41 Å². The van der Waals surface area contributed by atoms with Crippen LogP contribution in [0.1, 0.15) is 26.0 Å². The SMILES string of the molecule is CC(C)(CCn1ccc(C(F)(F)F)n1)C(=O)O. The zero-order valence-electron chi connectivity index (χ0n) is 9.45. The molecule has 0 unspecified atom stereocenters. The van der Waals surface area contributed by atoms with E-state index in [0.717, 1.165) is 10.7 Å². The Bertz CT molecular complexity index is 410. The fraction of sp³-hybridized carbons (Fsp3) is 0.600. The second-order valence-electron chi connectivity index (χ2n) is 4.40. The van der Waals surface area contributed by atoms with E-state index in [1.54, 1.807) is 0 Å². The van der Waals surface area contributed by atoms with Crippen LogP contribution in [0.3, 0.4) is 0 Å². The Labute approximate surface area is 96.0 Å². The summed E-state index contributed by atoms with van der Waals surface area (Å²) in [4.78, 5) is 10.8. The molecule has 1 heterocycles. The van der Waals surface area contributed by atoms with Crippen molar-refractivity contribution in [3.63, 3.8) is 0 Å². The molecule has 1 aromatic heterocycles. The Hall–Kier alpha value is -1.53. The monoisotopic (exact) mass is 250 g/mol. The van der Waals surface area contributed by atoms with Crippen LogP contribution in [0.4, 0.5) is 13.2 Å². The van der Waals surface area contributed by atoms with Crippen LogP contribution in [-0.4, -0.2) is 20.9 Å². The highest BCUT2D eigenvalue weighted by molar-refractivity contribution is 5.73. The van der Waals surface area contributed by atoms with Crippen LogP contribution >= 0.6 is 0 Å². The number of rotatable bonds is 4. The Morgan fingerprint density at radius 1 is 1.47 bits per heavy atom. The van der Waals surface area contributed by atoms with E-state index in [1.165, 1.54) is 20.0 Å². The van der Waals surface area contributed by atoms with Gasteiger partial charge in [-0.05, 0) is 26.3 Å². The molecule has 4 nitrogen and oxygen atoms in total. The van der Waals surface area contributed by atoms with Crippen molar-refractivity contribution in [1.82, 2.24) is 9.78 Å². The third-order valence-electron chi connectivity index (χ3n) is 2.48. The minimum absolute atomic E-state index is 0.134. The van der Waals surface area contributed by atoms with Crippen molar-refractivity contribution < 1.29 is 23.1 Å². The first-order valence-electron chi connectivity index (χ1n) is 4.97. The molecule has 96 valence electrons. The number of nitrogens with zero attached hydrogens (tertiary/aromatic N) is 2. The summed E-state index contributed by atoms with van der Waals surface area (Å²) in [6, 6.07) is 0.869. The zero-order chi connectivity index (χ0) is 13.3. The van der Waals surface area contributed by atoms with Gasteiger partial charge in [0, 0.05) is 12.7 Å². The van der Waals surface area contributed by atoms with Gasteiger partial charge in [-0.1, -0.05) is 0 Å². The number of hydrogen-bond acceptors (Lipinski definition) is 2. The summed E-state index contributed by atoms with van der Waals surface area (Å²) < 4.78 is 37.8. The lowest BCUT2D eigenvalue weighted by Crippen LogP contribution is -2.25. The molecule has 0 aromatic carbocycles. The molecule has 0 bridgehead atoms. The Morgan fingerprint density at radius 3 is 2.47 bits per heavy atom. The van der Waals surface area contributed by atoms with Crippen LogP contribution < -0.4 is 0 Å². The third-order valence-corrected chi connectivity index (χ3v) is 2.48. The highest BCUT2D eigenvalue weighted by atomic mass is 19.4. The van der Waals surface area contributed by atoms with E-state index in [-0.39, 0.29) is 13.0 Å². The molecular formula is C10H13F3N2O2. The average molecular weight is 250 g/mol. The van der Waals surface area contributed by atoms with Crippen molar-refractivity contribution in [2.75, 3.05) is 0 Å². The first-order valence-corrected chi connectivity index (χ1v) is 4.97. The molecule has 0 saturated heterocycles. The molecule has 0 radical (unpaired) electrons. The molecule has 0 amide bonds. The Kier molecular flexibility index (Phi) is 3.49. The molecule has 17 heavy (non-hydrogen) atoms. The molecule has 0 saturated carbocycles. The number of aliphatic carboxylic acids is 1. The lowest BCUT2D eigenvalue weighted by atomic mass is 9.90. The maximum atomic E-state index is 12.2. The van der Waals surface area contributed by atoms with Gasteiger partial charge in [-0.15, -0.1) is 0 Å². The van der Waals surface area contributed by atoms with E-state index in [1.807, 2.05) is 0 Å². The standard InChI is InChI=1S/C10H13F3N2O2/c1-9(2,8(16)17)4-6-15-5-3-7(14-15)10(11,12)13/h3,5H,4,6H2,1-2H3,(H,16,17). The summed E-state index contributed by atoms with van der Waals surface area (Å²) in [5.74, 6) is -0.985. The van der Waals surface area contributed by atoms with E-state index in [9.17, 15) is 18.0 Å². The molecule has 0 fully saturated rings. The van der Waals surface area contributed by atoms with Gasteiger partial charge in [-0.25, -0.2) is 0 Å². The van der Waals surface area contributed by atoms with Crippen molar-refractivity contribution in [1.29, 1.82) is 0 Å². The predicted molar refractivity (Wildman–Crippen MR) is 53.3 cm³/mol. The first kappa shape index (κ1) is 13.5. The van der Waals surface area contributed by atoms with Crippen molar-refractivity contribution in [3.8, 4) is 0 Å². The molecule has 0 spiro atoms. The van der Waals surface area contributed by atoms with E-state index in [0.29, 0.717) is 0 Å². The number of alkyl halides is 3. The van der Waals surface area contributed by atoms with Gasteiger partial charge in [0.1, 0.15) is 0 Å². The van der Waals surface area contributed by atoms with Crippen LogP contribution in [0.25, 0.3) is 0 Å². The smallest absolute Gasteiger partial charge is 0.435 e. The second-order valence-corrected chi connectivity index (χ2v) is 4.40. The second kappa shape index (κ2) is 4.38. The topological polar surface area (TPSA) is 55.1 Å². The van der Waals surface area contributed by atoms with Crippen molar-refractivity contribution >= 4 is 5.97 Å². The number of halogens is 3. The highest BCUT2D eigenvalue weighted by Crippen LogP contribution is 2.27. The molecule has 1 aromatic rings. The molecule has 1 N–H and O–H groups in total. The number of carboxylic acids is 1. The summed E-state index contributed by atoms with van der Waals surface area (Å²) in [6.07, 6.45) is -3.06. The number of aryl methyl sites for hydroxylation is 1. The highest BCUT2D eigenvalue weighted by Gasteiger charge is 2.34. The molecule has 7 heteroatoms. The minimum Gasteiger partial charge on any atom is -0.481 e. The number of hydrogen-bond donors (Lipinski definition) is 1. The van der Waals surface area contributed by atoms with E-state index in [2.05, 4.69) is 5.10 Å². The fourth-order valence-corrected chi connectivity index (χ4v) is 1.14. The predicted octanol–water partition coefficient (Wildman–Crippen LogP) is 2.40. The van der Waals surface area contributed by atoms with Gasteiger partial charge in [-0.2, -0.15) is 18.3 Å². The summed E-state index contributed by atoms with van der Waals surface area (Å²) in [7, 11) is 0. The van der Waals surface area contributed by atoms with Crippen LogP contribution in [0.15, 0.2) is 12.3 Å². The molecule has 0 aliphatic heterocycles. The normalized spacial score (nSPS) is 12.8. The fourth-order valence-electron chi connectivity index (χ4n) is 1.14. The van der Waals surface area contributed by atoms with E-state index >= 15 is 0 Å². The van der Waals surface area contributed by atoms with Gasteiger partial charge >= 0.3 is 12.1 Å². The van der Waals surface area contributed by atoms with Crippen LogP contribution in [-0.2, 0) is 17.5 Å². The lowest BCUT2D eigenvalue weighted by Gasteiger charge is -2.18. The number of carboxylic acid groups (broad SMARTS) is 1. The molecule has 0 aliphatic rings. The number of carbonyl (C=O) groups is 1. The number of aromatic nitrogens is 2. The maximum Gasteiger partial charge on any atom is 0.435 e. The van der Waals surface area contributed by atoms with Crippen LogP contribution in [0, 0.1) is 5.41 Å². The average Bonchev–Trinajstić information content (AvgIpc) is 2.62. The Balaban J connectivity index is 2.66. The van der Waals surface area contributed by atoms with Crippen molar-refractivity contribution in [3.05, 3.63) is 18.0 Å². The molecule has 0 aliphatic carbocycles. The van der Waals surface area contributed by atoms with Gasteiger partial charge in [0.25, 0.3) is 0 Å². The molecular weight excluding hydrogens is 237 g/mol. The van der Waals surface area contributed by atoms with E-state index in [4.69, 9.17) is 5.11 Å². The summed E-state index contributed by atoms with van der Waals surface area (Å²) >= 11 is 0. The minimum atomic E-state index is -4.46. The maximum absolute atomic E-state index is 12.2. The first-order chi connectivity index (χ1) is 7.63. The van der Waals surface area contributed by atoms with Crippen LogP contribution in [0.5, 0.6) is 0 Å². The van der Waals surface area contributed by atoms with E-state index < -0.39 is 23.3 Å². The molecule has 0 atom stereocenters. The summed E-state index contributed by atoms with van der Waals surface area (Å²) in [5, 5.41) is 12.2. The van der Waals surface area contributed by atoms with Crippen molar-refractivity contribution in [2.45, 2.75) is 33.0 Å². The van der Waals surface area contributed by atoms with Gasteiger partial charge in [0.05, 0.1) is 5.41 Å². The summed E-state index contributed by atoms with van der Waals surface area (Å²) in [5.41, 5.74) is -1.95.